The van der Waals surface area contributed by atoms with Crippen LogP contribution in [0.3, 0.4) is 0 Å². The number of amides is 1. The maximum atomic E-state index is 12.5. The summed E-state index contributed by atoms with van der Waals surface area (Å²) in [4.78, 5) is 35.5. The van der Waals surface area contributed by atoms with Gasteiger partial charge in [0.15, 0.2) is 0 Å². The Labute approximate surface area is 163 Å². The Morgan fingerprint density at radius 1 is 1.29 bits per heavy atom. The first-order valence-electron chi connectivity index (χ1n) is 8.70. The molecule has 2 N–H and O–H groups in total. The summed E-state index contributed by atoms with van der Waals surface area (Å²) in [6.07, 6.45) is 0.229. The van der Waals surface area contributed by atoms with Gasteiger partial charge in [0.05, 0.1) is 18.5 Å². The Balaban J connectivity index is 2.20. The topological polar surface area (TPSA) is 120 Å². The minimum atomic E-state index is -1.34. The summed E-state index contributed by atoms with van der Waals surface area (Å²) in [7, 11) is 0.0984. The van der Waals surface area contributed by atoms with E-state index in [9.17, 15) is 19.4 Å². The number of methoxy groups -OCH3 is 1. The minimum Gasteiger partial charge on any atom is -0.534 e. The van der Waals surface area contributed by atoms with Crippen LogP contribution in [0.4, 0.5) is 0 Å². The summed E-state index contributed by atoms with van der Waals surface area (Å²) in [5.74, 6) is -1.81. The third-order valence-corrected chi connectivity index (χ3v) is 4.00. The average Bonchev–Trinajstić information content (AvgIpc) is 2.60. The molecule has 0 spiro atoms. The first kappa shape index (κ1) is 21.6. The molecule has 1 aromatic rings. The molecule has 1 aromatic carbocycles. The van der Waals surface area contributed by atoms with E-state index in [4.69, 9.17) is 18.9 Å². The van der Waals surface area contributed by atoms with E-state index in [2.05, 4.69) is 5.32 Å². The van der Waals surface area contributed by atoms with E-state index in [0.29, 0.717) is 11.3 Å². The molecule has 28 heavy (non-hydrogen) atoms. The van der Waals surface area contributed by atoms with Crippen LogP contribution in [-0.2, 0) is 25.5 Å². The van der Waals surface area contributed by atoms with Gasteiger partial charge in [0.25, 0.3) is 0 Å². The predicted octanol–water partition coefficient (Wildman–Crippen LogP) is 0.858. The van der Waals surface area contributed by atoms with Gasteiger partial charge in [-0.3, -0.25) is 9.59 Å². The molecule has 0 radical (unpaired) electrons. The summed E-state index contributed by atoms with van der Waals surface area (Å²) in [5, 5.41) is 12.7. The number of esters is 2. The van der Waals surface area contributed by atoms with Gasteiger partial charge in [-0.1, -0.05) is 0 Å². The summed E-state index contributed by atoms with van der Waals surface area (Å²) in [6.45, 7) is 5.80. The number of nitrogens with one attached hydrogen (secondary N) is 1. The molecule has 0 aromatic heterocycles. The quantitative estimate of drug-likeness (QED) is 0.429. The van der Waals surface area contributed by atoms with Crippen molar-refractivity contribution in [3.63, 3.8) is 0 Å². The SMILES string of the molecule is COc1cc2c(c(C(=O)OCOC(=O)C(C)(C)C)c1)OB(O)[C@@H](NC(C)=O)C2. The molecule has 0 bridgehead atoms. The molecule has 0 aliphatic carbocycles. The lowest BCUT2D eigenvalue weighted by atomic mass is 9.72. The molecule has 2 rings (SSSR count). The van der Waals surface area contributed by atoms with Crippen molar-refractivity contribution in [1.82, 2.24) is 5.32 Å². The van der Waals surface area contributed by atoms with Crippen molar-refractivity contribution in [1.29, 1.82) is 0 Å². The van der Waals surface area contributed by atoms with Crippen LogP contribution < -0.4 is 14.7 Å². The molecule has 9 nitrogen and oxygen atoms in total. The average molecular weight is 393 g/mol. The van der Waals surface area contributed by atoms with Crippen molar-refractivity contribution in [3.8, 4) is 11.5 Å². The standard InChI is InChI=1S/C18H24BNO8/c1-10(21)20-14-7-11-6-12(25-5)8-13(15(11)28-19(14)24)16(22)26-9-27-17(23)18(2,3)4/h6,8,14,24H,7,9H2,1-5H3,(H,20,21)/t14-/m0/s1. The van der Waals surface area contributed by atoms with Crippen LogP contribution in [-0.4, -0.2) is 49.8 Å². The van der Waals surface area contributed by atoms with Gasteiger partial charge in [-0.05, 0) is 44.9 Å². The summed E-state index contributed by atoms with van der Waals surface area (Å²) < 4.78 is 20.6. The smallest absolute Gasteiger partial charge is 0.534 e. The fourth-order valence-corrected chi connectivity index (χ4v) is 2.57. The zero-order chi connectivity index (χ0) is 21.1. The number of benzene rings is 1. The van der Waals surface area contributed by atoms with Gasteiger partial charge in [0.2, 0.25) is 12.7 Å². The van der Waals surface area contributed by atoms with E-state index < -0.39 is 37.2 Å². The van der Waals surface area contributed by atoms with Crippen LogP contribution in [0, 0.1) is 5.41 Å². The highest BCUT2D eigenvalue weighted by atomic mass is 16.7. The number of rotatable bonds is 5. The second-order valence-corrected chi connectivity index (χ2v) is 7.41. The van der Waals surface area contributed by atoms with Gasteiger partial charge < -0.3 is 29.2 Å². The van der Waals surface area contributed by atoms with Gasteiger partial charge >= 0.3 is 19.1 Å². The normalized spacial score (nSPS) is 15.8. The van der Waals surface area contributed by atoms with E-state index in [1.54, 1.807) is 26.8 Å². The molecular weight excluding hydrogens is 369 g/mol. The highest BCUT2D eigenvalue weighted by molar-refractivity contribution is 6.47. The Kier molecular flexibility index (Phi) is 6.55. The molecule has 1 aliphatic heterocycles. The Bertz CT molecular complexity index is 774. The zero-order valence-corrected chi connectivity index (χ0v) is 16.5. The third-order valence-electron chi connectivity index (χ3n) is 4.00. The van der Waals surface area contributed by atoms with Crippen LogP contribution in [0.15, 0.2) is 12.1 Å². The number of carbonyl (C=O) groups excluding carboxylic acids is 3. The van der Waals surface area contributed by atoms with E-state index in [1.165, 1.54) is 20.1 Å². The molecule has 152 valence electrons. The van der Waals surface area contributed by atoms with Gasteiger partial charge in [-0.25, -0.2) is 4.79 Å². The molecule has 1 amide bonds. The number of hydrogen-bond donors (Lipinski definition) is 2. The number of fused-ring (bicyclic) bond motifs is 1. The molecule has 0 saturated carbocycles. The molecule has 1 atom stereocenters. The number of ether oxygens (including phenoxy) is 3. The molecular formula is C18H24BNO8. The Morgan fingerprint density at radius 3 is 2.54 bits per heavy atom. The maximum Gasteiger partial charge on any atom is 0.547 e. The minimum absolute atomic E-state index is 0.0153. The van der Waals surface area contributed by atoms with Crippen molar-refractivity contribution in [2.75, 3.05) is 13.9 Å². The van der Waals surface area contributed by atoms with Crippen LogP contribution >= 0.6 is 0 Å². The van der Waals surface area contributed by atoms with E-state index in [0.717, 1.165) is 0 Å². The van der Waals surface area contributed by atoms with Gasteiger partial charge in [-0.2, -0.15) is 0 Å². The van der Waals surface area contributed by atoms with E-state index >= 15 is 0 Å². The third kappa shape index (κ3) is 5.16. The van der Waals surface area contributed by atoms with Crippen LogP contribution in [0.1, 0.15) is 43.6 Å². The lowest BCUT2D eigenvalue weighted by Crippen LogP contribution is -2.52. The van der Waals surface area contributed by atoms with Crippen molar-refractivity contribution in [2.45, 2.75) is 40.1 Å². The van der Waals surface area contributed by atoms with Crippen molar-refractivity contribution in [2.24, 2.45) is 5.41 Å². The predicted molar refractivity (Wildman–Crippen MR) is 98.7 cm³/mol. The number of hydrogen-bond acceptors (Lipinski definition) is 8. The van der Waals surface area contributed by atoms with Gasteiger partial charge in [0.1, 0.15) is 17.1 Å². The largest absolute Gasteiger partial charge is 0.547 e. The molecule has 0 fully saturated rings. The van der Waals surface area contributed by atoms with Gasteiger partial charge in [-0.15, -0.1) is 0 Å². The van der Waals surface area contributed by atoms with Gasteiger partial charge in [0, 0.05) is 6.92 Å². The van der Waals surface area contributed by atoms with Crippen LogP contribution in [0.5, 0.6) is 11.5 Å². The summed E-state index contributed by atoms with van der Waals surface area (Å²) in [5.41, 5.74) is -0.156. The second kappa shape index (κ2) is 8.51. The molecule has 1 heterocycles. The fourth-order valence-electron chi connectivity index (χ4n) is 2.57. The highest BCUT2D eigenvalue weighted by Crippen LogP contribution is 2.34. The lowest BCUT2D eigenvalue weighted by Gasteiger charge is -2.29. The van der Waals surface area contributed by atoms with E-state index in [1.807, 2.05) is 0 Å². The first-order chi connectivity index (χ1) is 13.0. The summed E-state index contributed by atoms with van der Waals surface area (Å²) >= 11 is 0. The molecule has 0 saturated heterocycles. The summed E-state index contributed by atoms with van der Waals surface area (Å²) in [6, 6.07) is 3.05. The Hall–Kier alpha value is -2.75. The van der Waals surface area contributed by atoms with Crippen molar-refractivity contribution in [3.05, 3.63) is 23.3 Å². The lowest BCUT2D eigenvalue weighted by molar-refractivity contribution is -0.161. The zero-order valence-electron chi connectivity index (χ0n) is 16.5. The van der Waals surface area contributed by atoms with Crippen molar-refractivity contribution < 1.29 is 38.3 Å². The highest BCUT2D eigenvalue weighted by Gasteiger charge is 2.38. The molecule has 1 aliphatic rings. The Morgan fingerprint density at radius 2 is 1.96 bits per heavy atom. The first-order valence-corrected chi connectivity index (χ1v) is 8.70. The molecule has 10 heteroatoms. The van der Waals surface area contributed by atoms with Crippen molar-refractivity contribution >= 4 is 25.0 Å². The fraction of sp³-hybridized carbons (Fsp3) is 0.500. The maximum absolute atomic E-state index is 12.5. The molecule has 0 unspecified atom stereocenters. The monoisotopic (exact) mass is 393 g/mol. The van der Waals surface area contributed by atoms with Crippen LogP contribution in [0.25, 0.3) is 0 Å². The number of carbonyl (C=O) groups is 3. The van der Waals surface area contributed by atoms with E-state index in [-0.39, 0.29) is 23.6 Å². The van der Waals surface area contributed by atoms with Crippen LogP contribution in [0.2, 0.25) is 0 Å². The second-order valence-electron chi connectivity index (χ2n) is 7.41.